The van der Waals surface area contributed by atoms with E-state index in [0.29, 0.717) is 41.0 Å². The topological polar surface area (TPSA) is 96.5 Å². The molecule has 1 N–H and O–H groups in total. The van der Waals surface area contributed by atoms with Crippen molar-refractivity contribution in [2.45, 2.75) is 20.3 Å². The lowest BCUT2D eigenvalue weighted by Crippen LogP contribution is -2.30. The molecule has 0 saturated carbocycles. The quantitative estimate of drug-likeness (QED) is 0.897. The lowest BCUT2D eigenvalue weighted by molar-refractivity contribution is -0.141. The SMILES string of the molecule is Cc1cc(C(=O)N2CCC(C(=O)O)C2)c2c(C)noc2n1. The van der Waals surface area contributed by atoms with Crippen LogP contribution in [0.25, 0.3) is 11.1 Å². The first-order valence-electron chi connectivity index (χ1n) is 6.73. The molecule has 21 heavy (non-hydrogen) atoms. The number of fused-ring (bicyclic) bond motifs is 1. The Morgan fingerprint density at radius 2 is 2.19 bits per heavy atom. The summed E-state index contributed by atoms with van der Waals surface area (Å²) in [7, 11) is 0. The van der Waals surface area contributed by atoms with Gasteiger partial charge in [-0.1, -0.05) is 5.16 Å². The molecule has 0 aromatic carbocycles. The molecule has 3 heterocycles. The largest absolute Gasteiger partial charge is 0.481 e. The van der Waals surface area contributed by atoms with E-state index in [4.69, 9.17) is 9.63 Å². The molecule has 3 rings (SSSR count). The number of carboxylic acids is 1. The zero-order valence-corrected chi connectivity index (χ0v) is 11.8. The molecule has 1 saturated heterocycles. The van der Waals surface area contributed by atoms with E-state index in [2.05, 4.69) is 10.1 Å². The van der Waals surface area contributed by atoms with Gasteiger partial charge in [-0.25, -0.2) is 4.98 Å². The number of hydrogen-bond donors (Lipinski definition) is 1. The van der Waals surface area contributed by atoms with E-state index in [1.165, 1.54) is 0 Å². The summed E-state index contributed by atoms with van der Waals surface area (Å²) in [5.41, 5.74) is 2.08. The number of aromatic nitrogens is 2. The zero-order valence-electron chi connectivity index (χ0n) is 11.8. The number of amides is 1. The summed E-state index contributed by atoms with van der Waals surface area (Å²) in [5.74, 6) is -1.54. The van der Waals surface area contributed by atoms with Gasteiger partial charge in [0.25, 0.3) is 11.6 Å². The Morgan fingerprint density at radius 1 is 1.43 bits per heavy atom. The molecule has 0 aliphatic carbocycles. The first-order valence-corrected chi connectivity index (χ1v) is 6.73. The number of carbonyl (C=O) groups excluding carboxylic acids is 1. The fraction of sp³-hybridized carbons (Fsp3) is 0.429. The van der Waals surface area contributed by atoms with E-state index in [-0.39, 0.29) is 12.5 Å². The van der Waals surface area contributed by atoms with Crippen molar-refractivity contribution >= 4 is 23.0 Å². The van der Waals surface area contributed by atoms with Crippen LogP contribution in [0.1, 0.15) is 28.2 Å². The number of hydrogen-bond acceptors (Lipinski definition) is 5. The monoisotopic (exact) mass is 289 g/mol. The number of likely N-dealkylation sites (tertiary alicyclic amines) is 1. The zero-order chi connectivity index (χ0) is 15.1. The van der Waals surface area contributed by atoms with Gasteiger partial charge in [-0.2, -0.15) is 0 Å². The third-order valence-corrected chi connectivity index (χ3v) is 3.80. The van der Waals surface area contributed by atoms with E-state index in [1.807, 2.05) is 0 Å². The van der Waals surface area contributed by atoms with Crippen molar-refractivity contribution in [3.05, 3.63) is 23.0 Å². The predicted molar refractivity (Wildman–Crippen MR) is 72.9 cm³/mol. The number of aliphatic carboxylic acids is 1. The van der Waals surface area contributed by atoms with Gasteiger partial charge in [0, 0.05) is 18.8 Å². The lowest BCUT2D eigenvalue weighted by atomic mass is 10.1. The number of pyridine rings is 1. The summed E-state index contributed by atoms with van der Waals surface area (Å²) in [6.07, 6.45) is 0.483. The Bertz CT molecular complexity index is 737. The molecular formula is C14H15N3O4. The minimum absolute atomic E-state index is 0.194. The standard InChI is InChI=1S/C14H15N3O4/c1-7-5-10(11-8(2)16-21-12(11)15-7)13(18)17-4-3-9(6-17)14(19)20/h5,9H,3-4,6H2,1-2H3,(H,19,20). The second-order valence-corrected chi connectivity index (χ2v) is 5.33. The molecule has 1 unspecified atom stereocenters. The Labute approximate surface area is 120 Å². The molecule has 2 aromatic rings. The second kappa shape index (κ2) is 4.83. The highest BCUT2D eigenvalue weighted by atomic mass is 16.5. The summed E-state index contributed by atoms with van der Waals surface area (Å²) in [4.78, 5) is 29.5. The van der Waals surface area contributed by atoms with E-state index in [9.17, 15) is 9.59 Å². The van der Waals surface area contributed by atoms with Crippen LogP contribution in [0.3, 0.4) is 0 Å². The van der Waals surface area contributed by atoms with Crippen LogP contribution in [0.4, 0.5) is 0 Å². The molecule has 1 atom stereocenters. The molecule has 1 fully saturated rings. The highest BCUT2D eigenvalue weighted by Crippen LogP contribution is 2.25. The van der Waals surface area contributed by atoms with E-state index < -0.39 is 11.9 Å². The highest BCUT2D eigenvalue weighted by molar-refractivity contribution is 6.06. The normalized spacial score (nSPS) is 18.4. The molecule has 7 heteroatoms. The Balaban J connectivity index is 1.99. The Hall–Kier alpha value is -2.44. The lowest BCUT2D eigenvalue weighted by Gasteiger charge is -2.16. The van der Waals surface area contributed by atoms with E-state index in [1.54, 1.807) is 24.8 Å². The van der Waals surface area contributed by atoms with Gasteiger partial charge < -0.3 is 14.5 Å². The summed E-state index contributed by atoms with van der Waals surface area (Å²) in [6.45, 7) is 4.21. The molecule has 1 aliphatic rings. The van der Waals surface area contributed by atoms with Gasteiger partial charge in [-0.15, -0.1) is 0 Å². The minimum Gasteiger partial charge on any atom is -0.481 e. The van der Waals surface area contributed by atoms with Crippen molar-refractivity contribution in [2.24, 2.45) is 5.92 Å². The van der Waals surface area contributed by atoms with Gasteiger partial charge in [-0.3, -0.25) is 9.59 Å². The third-order valence-electron chi connectivity index (χ3n) is 3.80. The number of nitrogens with zero attached hydrogens (tertiary/aromatic N) is 3. The maximum Gasteiger partial charge on any atom is 0.308 e. The van der Waals surface area contributed by atoms with Crippen molar-refractivity contribution < 1.29 is 19.2 Å². The number of carbonyl (C=O) groups is 2. The molecule has 0 radical (unpaired) electrons. The average molecular weight is 289 g/mol. The first-order chi connectivity index (χ1) is 9.97. The van der Waals surface area contributed by atoms with Gasteiger partial charge in [0.1, 0.15) is 0 Å². The fourth-order valence-electron chi connectivity index (χ4n) is 2.70. The van der Waals surface area contributed by atoms with Gasteiger partial charge in [0.2, 0.25) is 0 Å². The van der Waals surface area contributed by atoms with Crippen LogP contribution in [0.15, 0.2) is 10.6 Å². The molecule has 7 nitrogen and oxygen atoms in total. The molecule has 1 aliphatic heterocycles. The van der Waals surface area contributed by atoms with Gasteiger partial charge >= 0.3 is 5.97 Å². The fourth-order valence-corrected chi connectivity index (χ4v) is 2.70. The average Bonchev–Trinajstić information content (AvgIpc) is 3.05. The van der Waals surface area contributed by atoms with Crippen LogP contribution < -0.4 is 0 Å². The van der Waals surface area contributed by atoms with E-state index >= 15 is 0 Å². The summed E-state index contributed by atoms with van der Waals surface area (Å²) >= 11 is 0. The number of rotatable bonds is 2. The number of carboxylic acid groups (broad SMARTS) is 1. The highest BCUT2D eigenvalue weighted by Gasteiger charge is 2.32. The van der Waals surface area contributed by atoms with E-state index in [0.717, 1.165) is 0 Å². The number of aryl methyl sites for hydroxylation is 2. The molecule has 1 amide bonds. The van der Waals surface area contributed by atoms with Crippen molar-refractivity contribution in [1.29, 1.82) is 0 Å². The van der Waals surface area contributed by atoms with Gasteiger partial charge in [0.05, 0.1) is 22.6 Å². The maximum absolute atomic E-state index is 12.7. The first kappa shape index (κ1) is 13.5. The van der Waals surface area contributed by atoms with Crippen LogP contribution in [0.2, 0.25) is 0 Å². The molecular weight excluding hydrogens is 274 g/mol. The predicted octanol–water partition coefficient (Wildman–Crippen LogP) is 1.39. The molecule has 0 spiro atoms. The molecule has 110 valence electrons. The summed E-state index contributed by atoms with van der Waals surface area (Å²) in [6, 6.07) is 1.70. The third kappa shape index (κ3) is 2.24. The second-order valence-electron chi connectivity index (χ2n) is 5.33. The van der Waals surface area contributed by atoms with Crippen molar-refractivity contribution in [3.8, 4) is 0 Å². The van der Waals surface area contributed by atoms with Crippen LogP contribution in [0.5, 0.6) is 0 Å². The van der Waals surface area contributed by atoms with Crippen LogP contribution in [0, 0.1) is 19.8 Å². The summed E-state index contributed by atoms with van der Waals surface area (Å²) in [5, 5.41) is 13.5. The summed E-state index contributed by atoms with van der Waals surface area (Å²) < 4.78 is 5.12. The van der Waals surface area contributed by atoms with Crippen LogP contribution in [-0.2, 0) is 4.79 Å². The molecule has 0 bridgehead atoms. The van der Waals surface area contributed by atoms with Gasteiger partial charge in [0.15, 0.2) is 0 Å². The Morgan fingerprint density at radius 3 is 2.86 bits per heavy atom. The Kier molecular flexibility index (Phi) is 3.12. The molecule has 2 aromatic heterocycles. The maximum atomic E-state index is 12.7. The van der Waals surface area contributed by atoms with Gasteiger partial charge in [-0.05, 0) is 26.3 Å². The minimum atomic E-state index is -0.859. The van der Waals surface area contributed by atoms with Crippen molar-refractivity contribution in [3.63, 3.8) is 0 Å². The van der Waals surface area contributed by atoms with Crippen molar-refractivity contribution in [1.82, 2.24) is 15.0 Å². The van der Waals surface area contributed by atoms with Crippen molar-refractivity contribution in [2.75, 3.05) is 13.1 Å². The van der Waals surface area contributed by atoms with Crippen LogP contribution >= 0.6 is 0 Å². The van der Waals surface area contributed by atoms with Crippen LogP contribution in [-0.4, -0.2) is 45.1 Å². The smallest absolute Gasteiger partial charge is 0.308 e.